The zero-order valence-electron chi connectivity index (χ0n) is 23.0. The number of carboxylic acid groups (broad SMARTS) is 1. The Balaban J connectivity index is 0.000000724. The molecular weight excluding hydrogens is 514 g/mol. The van der Waals surface area contributed by atoms with Crippen molar-refractivity contribution in [2.24, 2.45) is 0 Å². The van der Waals surface area contributed by atoms with Crippen molar-refractivity contribution in [3.05, 3.63) is 64.7 Å². The minimum absolute atomic E-state index is 0.0204. The van der Waals surface area contributed by atoms with Crippen LogP contribution in [0.4, 0.5) is 5.69 Å². The number of nitrogens with one attached hydrogen (secondary N) is 1. The van der Waals surface area contributed by atoms with Gasteiger partial charge in [-0.05, 0) is 74.1 Å². The maximum Gasteiger partial charge on any atom is 0.0715 e. The summed E-state index contributed by atoms with van der Waals surface area (Å²) in [6, 6.07) is 14.4. The van der Waals surface area contributed by atoms with Crippen molar-refractivity contribution in [2.45, 2.75) is 89.6 Å². The minimum atomic E-state index is -1.13. The predicted molar refractivity (Wildman–Crippen MR) is 158 cm³/mol. The average Bonchev–Trinajstić information content (AvgIpc) is 2.94. The Bertz CT molecular complexity index is 938. The van der Waals surface area contributed by atoms with E-state index in [-0.39, 0.29) is 18.8 Å². The summed E-state index contributed by atoms with van der Waals surface area (Å²) in [6.45, 7) is 1.05. The van der Waals surface area contributed by atoms with E-state index in [1.807, 2.05) is 24.3 Å². The molecule has 2 aromatic rings. The molecule has 0 aliphatic heterocycles. The molecule has 0 saturated carbocycles. The molecule has 2 aromatic carbocycles. The topological polar surface area (TPSA) is 113 Å². The molecule has 0 radical (unpaired) electrons. The van der Waals surface area contributed by atoms with Gasteiger partial charge in [0.2, 0.25) is 0 Å². The second-order valence-electron chi connectivity index (χ2n) is 9.56. The van der Waals surface area contributed by atoms with Gasteiger partial charge in [0.25, 0.3) is 0 Å². The van der Waals surface area contributed by atoms with Crippen LogP contribution < -0.4 is 10.4 Å². The highest BCUT2D eigenvalue weighted by molar-refractivity contribution is 6.30. The Morgan fingerprint density at radius 1 is 0.795 bits per heavy atom. The second-order valence-corrected chi connectivity index (χ2v) is 10.0. The third-order valence-corrected chi connectivity index (χ3v) is 6.41. The van der Waals surface area contributed by atoms with Crippen LogP contribution >= 0.6 is 11.6 Å². The molecule has 0 saturated heterocycles. The van der Waals surface area contributed by atoms with Crippen molar-refractivity contribution in [3.63, 3.8) is 0 Å². The molecule has 1 unspecified atom stereocenters. The highest BCUT2D eigenvalue weighted by Gasteiger charge is 2.00. The van der Waals surface area contributed by atoms with Crippen LogP contribution in [0.3, 0.4) is 0 Å². The van der Waals surface area contributed by atoms with Crippen molar-refractivity contribution in [1.82, 2.24) is 0 Å². The Morgan fingerprint density at radius 3 is 1.95 bits per heavy atom. The number of rotatable bonds is 18. The zero-order chi connectivity index (χ0) is 28.6. The van der Waals surface area contributed by atoms with Gasteiger partial charge in [0.15, 0.2) is 0 Å². The lowest BCUT2D eigenvalue weighted by molar-refractivity contribution is -0.255. The number of hydrogen-bond acceptors (Lipinski definition) is 6. The second kappa shape index (κ2) is 23.3. The lowest BCUT2D eigenvalue weighted by Crippen LogP contribution is -2.21. The Hall–Kier alpha value is -2.56. The lowest BCUT2D eigenvalue weighted by Gasteiger charge is -2.08. The molecule has 6 nitrogen and oxygen atoms in total. The van der Waals surface area contributed by atoms with Gasteiger partial charge >= 0.3 is 0 Å². The number of carboxylic acids is 1. The monoisotopic (exact) mass is 558 g/mol. The molecule has 0 fully saturated rings. The maximum absolute atomic E-state index is 10.7. The number of anilines is 1. The SMILES string of the molecule is O=C([O-])c1ccc(NCCCCCCCCCCCC#Cc2ccc(Cl)cc2)cc1.OCCCC(O)CCO. The summed E-state index contributed by atoms with van der Waals surface area (Å²) in [5, 5.41) is 40.3. The number of aliphatic hydroxyl groups is 3. The molecule has 0 aliphatic carbocycles. The zero-order valence-corrected chi connectivity index (χ0v) is 23.8. The molecule has 0 aliphatic rings. The quantitative estimate of drug-likeness (QED) is 0.140. The van der Waals surface area contributed by atoms with E-state index >= 15 is 0 Å². The summed E-state index contributed by atoms with van der Waals surface area (Å²) in [6.07, 6.45) is 13.4. The van der Waals surface area contributed by atoms with Gasteiger partial charge in [-0.2, -0.15) is 0 Å². The average molecular weight is 559 g/mol. The van der Waals surface area contributed by atoms with Gasteiger partial charge in [-0.15, -0.1) is 0 Å². The highest BCUT2D eigenvalue weighted by Crippen LogP contribution is 2.13. The van der Waals surface area contributed by atoms with Crippen molar-refractivity contribution >= 4 is 23.3 Å². The van der Waals surface area contributed by atoms with Gasteiger partial charge in [-0.25, -0.2) is 0 Å². The molecule has 2 rings (SSSR count). The van der Waals surface area contributed by atoms with E-state index in [0.717, 1.165) is 35.7 Å². The molecule has 7 heteroatoms. The molecule has 1 atom stereocenters. The van der Waals surface area contributed by atoms with E-state index in [4.69, 9.17) is 26.9 Å². The molecular formula is C32H45ClNO5-. The first kappa shape index (κ1) is 34.5. The van der Waals surface area contributed by atoms with Gasteiger partial charge in [0.05, 0.1) is 12.1 Å². The number of carbonyl (C=O) groups is 1. The molecule has 0 amide bonds. The predicted octanol–water partition coefficient (Wildman–Crippen LogP) is 5.57. The summed E-state index contributed by atoms with van der Waals surface area (Å²) in [5.41, 5.74) is 2.20. The van der Waals surface area contributed by atoms with Gasteiger partial charge in [-0.1, -0.05) is 80.5 Å². The summed E-state index contributed by atoms with van der Waals surface area (Å²) in [4.78, 5) is 10.7. The first-order chi connectivity index (χ1) is 19.0. The number of carbonyl (C=O) groups excluding carboxylic acids is 1. The van der Waals surface area contributed by atoms with Crippen LogP contribution in [0.15, 0.2) is 48.5 Å². The van der Waals surface area contributed by atoms with E-state index < -0.39 is 12.1 Å². The largest absolute Gasteiger partial charge is 0.545 e. The van der Waals surface area contributed by atoms with E-state index in [9.17, 15) is 9.90 Å². The van der Waals surface area contributed by atoms with E-state index in [1.54, 1.807) is 24.3 Å². The molecule has 216 valence electrons. The van der Waals surface area contributed by atoms with Gasteiger partial charge < -0.3 is 30.5 Å². The normalized spacial score (nSPS) is 11.1. The fourth-order valence-corrected chi connectivity index (χ4v) is 3.98. The maximum atomic E-state index is 10.7. The number of benzene rings is 2. The van der Waals surface area contributed by atoms with Crippen LogP contribution in [0.2, 0.25) is 5.02 Å². The van der Waals surface area contributed by atoms with Gasteiger partial charge in [-0.3, -0.25) is 0 Å². The van der Waals surface area contributed by atoms with Crippen LogP contribution in [-0.4, -0.2) is 47.2 Å². The van der Waals surface area contributed by atoms with Gasteiger partial charge in [0.1, 0.15) is 0 Å². The number of halogens is 1. The highest BCUT2D eigenvalue weighted by atomic mass is 35.5. The smallest absolute Gasteiger partial charge is 0.0715 e. The van der Waals surface area contributed by atoms with Crippen LogP contribution in [0.1, 0.15) is 99.4 Å². The molecule has 0 bridgehead atoms. The number of hydrogen-bond donors (Lipinski definition) is 4. The molecule has 39 heavy (non-hydrogen) atoms. The van der Waals surface area contributed by atoms with Crippen LogP contribution in [0.5, 0.6) is 0 Å². The van der Waals surface area contributed by atoms with Crippen molar-refractivity contribution in [3.8, 4) is 11.8 Å². The third-order valence-electron chi connectivity index (χ3n) is 6.16. The van der Waals surface area contributed by atoms with E-state index in [2.05, 4.69) is 17.2 Å². The van der Waals surface area contributed by atoms with Crippen molar-refractivity contribution in [1.29, 1.82) is 0 Å². The molecule has 4 N–H and O–H groups in total. The summed E-state index contributed by atoms with van der Waals surface area (Å²) in [5.74, 6) is 5.29. The number of aromatic carboxylic acids is 1. The Labute approximate surface area is 239 Å². The van der Waals surface area contributed by atoms with Crippen LogP contribution in [0.25, 0.3) is 0 Å². The summed E-state index contributed by atoms with van der Waals surface area (Å²) < 4.78 is 0. The van der Waals surface area contributed by atoms with Crippen molar-refractivity contribution in [2.75, 3.05) is 25.1 Å². The van der Waals surface area contributed by atoms with Crippen LogP contribution in [-0.2, 0) is 0 Å². The molecule has 0 aromatic heterocycles. The number of unbranched alkanes of at least 4 members (excludes halogenated alkanes) is 9. The van der Waals surface area contributed by atoms with Gasteiger partial charge in [0, 0.05) is 42.5 Å². The third kappa shape index (κ3) is 19.2. The molecule has 0 spiro atoms. The van der Waals surface area contributed by atoms with Crippen molar-refractivity contribution < 1.29 is 25.2 Å². The first-order valence-corrected chi connectivity index (χ1v) is 14.5. The molecule has 0 heterocycles. The Morgan fingerprint density at radius 2 is 1.38 bits per heavy atom. The summed E-state index contributed by atoms with van der Waals surface area (Å²) >= 11 is 5.87. The lowest BCUT2D eigenvalue weighted by atomic mass is 10.1. The number of aliphatic hydroxyl groups excluding tert-OH is 3. The fraction of sp³-hybridized carbons (Fsp3) is 0.531. The van der Waals surface area contributed by atoms with Crippen LogP contribution in [0, 0.1) is 11.8 Å². The standard InChI is InChI=1S/C26H32ClNO2.C6H14O3/c27-24-17-13-22(14-18-24)12-10-8-6-4-2-1-3-5-7-9-11-21-28-25-19-15-23(16-20-25)26(29)30;7-4-1-2-6(9)3-5-8/h13-20,28H,1-9,11,21H2,(H,29,30);6-9H,1-5H2/p-1. The van der Waals surface area contributed by atoms with E-state index in [0.29, 0.717) is 19.3 Å². The summed E-state index contributed by atoms with van der Waals surface area (Å²) in [7, 11) is 0. The minimum Gasteiger partial charge on any atom is -0.545 e. The fourth-order valence-electron chi connectivity index (χ4n) is 3.85. The Kier molecular flexibility index (Phi) is 20.6. The first-order valence-electron chi connectivity index (χ1n) is 14.2. The van der Waals surface area contributed by atoms with E-state index in [1.165, 1.54) is 51.4 Å².